The molecule has 31 heavy (non-hydrogen) atoms. The van der Waals surface area contributed by atoms with Crippen LogP contribution in [0.5, 0.6) is 5.75 Å². The summed E-state index contributed by atoms with van der Waals surface area (Å²) in [6, 6.07) is 7.71. The van der Waals surface area contributed by atoms with Gasteiger partial charge in [-0.25, -0.2) is 0 Å². The van der Waals surface area contributed by atoms with Crippen LogP contribution in [-0.2, 0) is 19.1 Å². The summed E-state index contributed by atoms with van der Waals surface area (Å²) < 4.78 is 16.6. The number of unbranched alkanes of at least 4 members (excludes halogenated alkanes) is 5. The molecule has 0 aromatic heterocycles. The first-order valence-corrected chi connectivity index (χ1v) is 12.0. The molecule has 0 heterocycles. The van der Waals surface area contributed by atoms with E-state index in [0.29, 0.717) is 13.0 Å². The van der Waals surface area contributed by atoms with Gasteiger partial charge < -0.3 is 14.2 Å². The Balaban J connectivity index is 3.00. The number of hydrogen-bond acceptors (Lipinski definition) is 5. The Hall–Kier alpha value is -2.04. The first kappa shape index (κ1) is 27.0. The fraction of sp³-hybridized carbons (Fsp3) is 0.692. The number of hydrogen-bond donors (Lipinski definition) is 0. The zero-order valence-corrected chi connectivity index (χ0v) is 20.2. The maximum Gasteiger partial charge on any atom is 0.324 e. The quantitative estimate of drug-likeness (QED) is 0.170. The second-order valence-corrected chi connectivity index (χ2v) is 8.07. The molecule has 5 nitrogen and oxygen atoms in total. The molecule has 0 N–H and O–H groups in total. The Bertz CT molecular complexity index is 620. The number of rotatable bonds is 16. The van der Waals surface area contributed by atoms with E-state index in [1.54, 1.807) is 13.8 Å². The fourth-order valence-corrected chi connectivity index (χ4v) is 3.87. The summed E-state index contributed by atoms with van der Waals surface area (Å²) in [4.78, 5) is 26.1. The molecule has 1 aromatic rings. The van der Waals surface area contributed by atoms with Crippen LogP contribution >= 0.6 is 0 Å². The first-order chi connectivity index (χ1) is 15.0. The van der Waals surface area contributed by atoms with Crippen molar-refractivity contribution in [2.75, 3.05) is 19.8 Å². The number of carbonyl (C=O) groups is 2. The minimum absolute atomic E-state index is 0.226. The number of esters is 2. The highest BCUT2D eigenvalue weighted by Gasteiger charge is 2.53. The van der Waals surface area contributed by atoms with Crippen LogP contribution in [0.1, 0.15) is 97.5 Å². The van der Waals surface area contributed by atoms with E-state index in [0.717, 1.165) is 30.6 Å². The molecular formula is C26H42O5. The summed E-state index contributed by atoms with van der Waals surface area (Å²) in [6.07, 6.45) is 7.99. The summed E-state index contributed by atoms with van der Waals surface area (Å²) >= 11 is 0. The number of benzene rings is 1. The molecule has 176 valence electrons. The maximum absolute atomic E-state index is 13.1. The molecule has 0 aliphatic carbocycles. The predicted octanol–water partition coefficient (Wildman–Crippen LogP) is 6.44. The van der Waals surface area contributed by atoms with Crippen molar-refractivity contribution in [2.24, 2.45) is 5.41 Å². The standard InChI is InChI=1S/C26H42O5/c1-6-10-12-13-14-20-31-23-17-15-22(16-18-23)21(5)26(19-11-7-2,24(27)29-8-3)25(28)30-9-4/h15-18,21H,6-14,19-20H2,1-5H3. The lowest BCUT2D eigenvalue weighted by atomic mass is 9.69. The molecule has 1 aromatic carbocycles. The van der Waals surface area contributed by atoms with Crippen LogP contribution in [0.15, 0.2) is 24.3 Å². The highest BCUT2D eigenvalue weighted by Crippen LogP contribution is 2.43. The number of ether oxygens (including phenoxy) is 3. The van der Waals surface area contributed by atoms with Crippen molar-refractivity contribution in [3.05, 3.63) is 29.8 Å². The third-order valence-electron chi connectivity index (χ3n) is 5.84. The van der Waals surface area contributed by atoms with Gasteiger partial charge in [-0.15, -0.1) is 0 Å². The van der Waals surface area contributed by atoms with Crippen molar-refractivity contribution in [1.29, 1.82) is 0 Å². The van der Waals surface area contributed by atoms with E-state index in [1.807, 2.05) is 38.1 Å². The second-order valence-electron chi connectivity index (χ2n) is 8.07. The molecule has 0 saturated heterocycles. The van der Waals surface area contributed by atoms with Crippen LogP contribution < -0.4 is 4.74 Å². The Morgan fingerprint density at radius 2 is 1.35 bits per heavy atom. The SMILES string of the molecule is CCCCCCCOc1ccc(C(C)C(CCCC)(C(=O)OCC)C(=O)OCC)cc1. The molecule has 0 bridgehead atoms. The Kier molecular flexibility index (Phi) is 13.0. The van der Waals surface area contributed by atoms with E-state index in [2.05, 4.69) is 6.92 Å². The van der Waals surface area contributed by atoms with E-state index in [4.69, 9.17) is 14.2 Å². The fourth-order valence-electron chi connectivity index (χ4n) is 3.87. The van der Waals surface area contributed by atoms with Gasteiger partial charge in [-0.2, -0.15) is 0 Å². The molecule has 0 amide bonds. The van der Waals surface area contributed by atoms with Crippen LogP contribution in [0.2, 0.25) is 0 Å². The Labute approximate surface area is 188 Å². The molecule has 0 saturated carbocycles. The molecule has 5 heteroatoms. The molecule has 0 fully saturated rings. The number of carbonyl (C=O) groups excluding carboxylic acids is 2. The molecule has 1 rings (SSSR count). The lowest BCUT2D eigenvalue weighted by Gasteiger charge is -2.35. The second kappa shape index (κ2) is 14.9. The Morgan fingerprint density at radius 1 is 0.806 bits per heavy atom. The zero-order valence-electron chi connectivity index (χ0n) is 20.2. The van der Waals surface area contributed by atoms with Gasteiger partial charge in [0, 0.05) is 5.92 Å². The molecular weight excluding hydrogens is 392 g/mol. The van der Waals surface area contributed by atoms with E-state index in [9.17, 15) is 9.59 Å². The Morgan fingerprint density at radius 3 is 1.87 bits per heavy atom. The van der Waals surface area contributed by atoms with Crippen molar-refractivity contribution in [3.63, 3.8) is 0 Å². The highest BCUT2D eigenvalue weighted by atomic mass is 16.6. The van der Waals surface area contributed by atoms with E-state index in [-0.39, 0.29) is 19.1 Å². The first-order valence-electron chi connectivity index (χ1n) is 12.0. The van der Waals surface area contributed by atoms with Gasteiger partial charge in [-0.3, -0.25) is 9.59 Å². The molecule has 0 aliphatic rings. The largest absolute Gasteiger partial charge is 0.494 e. The van der Waals surface area contributed by atoms with Gasteiger partial charge in [-0.05, 0) is 44.4 Å². The van der Waals surface area contributed by atoms with Crippen molar-refractivity contribution in [3.8, 4) is 5.75 Å². The molecule has 1 atom stereocenters. The predicted molar refractivity (Wildman–Crippen MR) is 124 cm³/mol. The minimum Gasteiger partial charge on any atom is -0.494 e. The molecule has 1 unspecified atom stereocenters. The van der Waals surface area contributed by atoms with Gasteiger partial charge in [-0.1, -0.05) is 71.4 Å². The topological polar surface area (TPSA) is 61.8 Å². The average Bonchev–Trinajstić information content (AvgIpc) is 2.77. The van der Waals surface area contributed by atoms with Crippen LogP contribution in [0.4, 0.5) is 0 Å². The van der Waals surface area contributed by atoms with Crippen molar-refractivity contribution in [2.45, 2.75) is 91.9 Å². The monoisotopic (exact) mass is 434 g/mol. The lowest BCUT2D eigenvalue weighted by Crippen LogP contribution is -2.46. The van der Waals surface area contributed by atoms with Gasteiger partial charge >= 0.3 is 11.9 Å². The van der Waals surface area contributed by atoms with E-state index in [1.165, 1.54) is 25.7 Å². The van der Waals surface area contributed by atoms with Crippen LogP contribution in [0.25, 0.3) is 0 Å². The minimum atomic E-state index is -1.34. The summed E-state index contributed by atoms with van der Waals surface area (Å²) in [6.45, 7) is 10.8. The molecule has 0 spiro atoms. The third-order valence-corrected chi connectivity index (χ3v) is 5.84. The lowest BCUT2D eigenvalue weighted by molar-refractivity contribution is -0.174. The van der Waals surface area contributed by atoms with Gasteiger partial charge in [0.1, 0.15) is 5.75 Å². The van der Waals surface area contributed by atoms with Crippen LogP contribution in [-0.4, -0.2) is 31.8 Å². The molecule has 0 radical (unpaired) electrons. The van der Waals surface area contributed by atoms with Gasteiger partial charge in [0.15, 0.2) is 5.41 Å². The molecule has 0 aliphatic heterocycles. The summed E-state index contributed by atoms with van der Waals surface area (Å²) in [5.74, 6) is -0.568. The van der Waals surface area contributed by atoms with Gasteiger partial charge in [0.25, 0.3) is 0 Å². The van der Waals surface area contributed by atoms with Gasteiger partial charge in [0.2, 0.25) is 0 Å². The van der Waals surface area contributed by atoms with Crippen molar-refractivity contribution >= 4 is 11.9 Å². The highest BCUT2D eigenvalue weighted by molar-refractivity contribution is 6.01. The van der Waals surface area contributed by atoms with Gasteiger partial charge in [0.05, 0.1) is 19.8 Å². The third kappa shape index (κ3) is 7.86. The average molecular weight is 435 g/mol. The van der Waals surface area contributed by atoms with Crippen LogP contribution in [0.3, 0.4) is 0 Å². The summed E-state index contributed by atoms with van der Waals surface area (Å²) in [5, 5.41) is 0. The summed E-state index contributed by atoms with van der Waals surface area (Å²) in [5.41, 5.74) is -0.448. The zero-order chi connectivity index (χ0) is 23.1. The van der Waals surface area contributed by atoms with Crippen molar-refractivity contribution < 1.29 is 23.8 Å². The maximum atomic E-state index is 13.1. The van der Waals surface area contributed by atoms with E-state index >= 15 is 0 Å². The smallest absolute Gasteiger partial charge is 0.324 e. The van der Waals surface area contributed by atoms with E-state index < -0.39 is 17.4 Å². The summed E-state index contributed by atoms with van der Waals surface area (Å²) in [7, 11) is 0. The van der Waals surface area contributed by atoms with Crippen molar-refractivity contribution in [1.82, 2.24) is 0 Å². The normalized spacial score (nSPS) is 12.3. The van der Waals surface area contributed by atoms with Crippen LogP contribution in [0, 0.1) is 5.41 Å².